The zero-order chi connectivity index (χ0) is 16.5. The number of nitrogens with zero attached hydrogens (tertiary/aromatic N) is 3. The molecule has 0 unspecified atom stereocenters. The molecule has 0 radical (unpaired) electrons. The molecule has 0 aromatic heterocycles. The Balaban J connectivity index is 1.53. The number of hydrogen-bond donors (Lipinski definition) is 0. The standard InChI is InChI=1S/C20H41N3/c1-4-5-6-7-8-11-21-12-9-20(10-13-21)18-22-14-16-23(17-15-22)19(2)3/h19-20H,4-18H2,1-3H3. The van der Waals surface area contributed by atoms with Crippen LogP contribution in [0.2, 0.25) is 0 Å². The van der Waals surface area contributed by atoms with E-state index in [0.717, 1.165) is 12.0 Å². The Morgan fingerprint density at radius 3 is 2.04 bits per heavy atom. The molecule has 136 valence electrons. The fourth-order valence-corrected chi connectivity index (χ4v) is 4.16. The molecule has 0 aromatic carbocycles. The quantitative estimate of drug-likeness (QED) is 0.599. The van der Waals surface area contributed by atoms with E-state index in [4.69, 9.17) is 0 Å². The summed E-state index contributed by atoms with van der Waals surface area (Å²) in [6, 6.07) is 0.720. The maximum Gasteiger partial charge on any atom is 0.0113 e. The highest BCUT2D eigenvalue weighted by Crippen LogP contribution is 2.20. The predicted octanol–water partition coefficient (Wildman–Crippen LogP) is 3.69. The fourth-order valence-electron chi connectivity index (χ4n) is 4.16. The zero-order valence-electron chi connectivity index (χ0n) is 16.1. The van der Waals surface area contributed by atoms with Crippen LogP contribution in [0.15, 0.2) is 0 Å². The molecule has 0 saturated carbocycles. The van der Waals surface area contributed by atoms with Crippen molar-refractivity contribution in [2.45, 2.75) is 71.8 Å². The van der Waals surface area contributed by atoms with E-state index >= 15 is 0 Å². The normalized spacial score (nSPS) is 23.0. The van der Waals surface area contributed by atoms with Crippen LogP contribution >= 0.6 is 0 Å². The van der Waals surface area contributed by atoms with E-state index in [1.165, 1.54) is 97.3 Å². The minimum Gasteiger partial charge on any atom is -0.303 e. The fraction of sp³-hybridized carbons (Fsp3) is 1.00. The largest absolute Gasteiger partial charge is 0.303 e. The molecule has 3 heteroatoms. The Morgan fingerprint density at radius 2 is 1.43 bits per heavy atom. The Hall–Kier alpha value is -0.120. The lowest BCUT2D eigenvalue weighted by Crippen LogP contribution is -2.50. The van der Waals surface area contributed by atoms with Gasteiger partial charge in [0.1, 0.15) is 0 Å². The summed E-state index contributed by atoms with van der Waals surface area (Å²) in [5.74, 6) is 0.956. The number of piperazine rings is 1. The first-order valence-electron chi connectivity index (χ1n) is 10.4. The van der Waals surface area contributed by atoms with Crippen molar-refractivity contribution in [1.82, 2.24) is 14.7 Å². The van der Waals surface area contributed by atoms with Gasteiger partial charge in [0.05, 0.1) is 0 Å². The zero-order valence-corrected chi connectivity index (χ0v) is 16.1. The Labute approximate surface area is 145 Å². The van der Waals surface area contributed by atoms with Crippen molar-refractivity contribution < 1.29 is 0 Å². The summed E-state index contributed by atoms with van der Waals surface area (Å²) in [5, 5.41) is 0. The molecule has 0 spiro atoms. The van der Waals surface area contributed by atoms with Crippen molar-refractivity contribution in [3.05, 3.63) is 0 Å². The van der Waals surface area contributed by atoms with E-state index in [1.807, 2.05) is 0 Å². The van der Waals surface area contributed by atoms with Crippen LogP contribution in [0.25, 0.3) is 0 Å². The number of likely N-dealkylation sites (tertiary alicyclic amines) is 1. The van der Waals surface area contributed by atoms with Gasteiger partial charge >= 0.3 is 0 Å². The third-order valence-corrected chi connectivity index (χ3v) is 5.94. The van der Waals surface area contributed by atoms with Crippen molar-refractivity contribution in [1.29, 1.82) is 0 Å². The van der Waals surface area contributed by atoms with Crippen LogP contribution < -0.4 is 0 Å². The topological polar surface area (TPSA) is 9.72 Å². The van der Waals surface area contributed by atoms with Crippen molar-refractivity contribution in [3.8, 4) is 0 Å². The first-order valence-corrected chi connectivity index (χ1v) is 10.4. The molecule has 0 atom stereocenters. The number of unbranched alkanes of at least 4 members (excludes halogenated alkanes) is 4. The third kappa shape index (κ3) is 7.11. The second-order valence-electron chi connectivity index (χ2n) is 8.13. The number of piperidine rings is 1. The number of rotatable bonds is 9. The van der Waals surface area contributed by atoms with E-state index in [-0.39, 0.29) is 0 Å². The highest BCUT2D eigenvalue weighted by molar-refractivity contribution is 4.79. The minimum atomic E-state index is 0.720. The first kappa shape index (κ1) is 19.2. The SMILES string of the molecule is CCCCCCCN1CCC(CN2CCN(C(C)C)CC2)CC1. The van der Waals surface area contributed by atoms with Gasteiger partial charge in [0.25, 0.3) is 0 Å². The van der Waals surface area contributed by atoms with Gasteiger partial charge in [0.15, 0.2) is 0 Å². The molecule has 2 aliphatic rings. The average molecular weight is 324 g/mol. The second kappa shape index (κ2) is 10.7. The monoisotopic (exact) mass is 323 g/mol. The summed E-state index contributed by atoms with van der Waals surface area (Å²) < 4.78 is 0. The summed E-state index contributed by atoms with van der Waals surface area (Å²) in [6.45, 7) is 17.5. The molecule has 0 aromatic rings. The van der Waals surface area contributed by atoms with Crippen LogP contribution in [0.4, 0.5) is 0 Å². The molecular weight excluding hydrogens is 282 g/mol. The lowest BCUT2D eigenvalue weighted by atomic mass is 9.95. The Bertz CT molecular complexity index is 289. The molecule has 2 rings (SSSR count). The second-order valence-corrected chi connectivity index (χ2v) is 8.13. The maximum atomic E-state index is 2.73. The lowest BCUT2D eigenvalue weighted by molar-refractivity contribution is 0.0808. The van der Waals surface area contributed by atoms with Gasteiger partial charge in [0, 0.05) is 38.8 Å². The van der Waals surface area contributed by atoms with Crippen molar-refractivity contribution in [3.63, 3.8) is 0 Å². The molecule has 0 N–H and O–H groups in total. The molecule has 2 saturated heterocycles. The van der Waals surface area contributed by atoms with Gasteiger partial charge in [-0.05, 0) is 58.7 Å². The van der Waals surface area contributed by atoms with Gasteiger partial charge in [-0.1, -0.05) is 32.6 Å². The summed E-state index contributed by atoms with van der Waals surface area (Å²) >= 11 is 0. The highest BCUT2D eigenvalue weighted by atomic mass is 15.3. The lowest BCUT2D eigenvalue weighted by Gasteiger charge is -2.40. The van der Waals surface area contributed by atoms with Crippen molar-refractivity contribution >= 4 is 0 Å². The van der Waals surface area contributed by atoms with E-state index in [9.17, 15) is 0 Å². The van der Waals surface area contributed by atoms with E-state index in [1.54, 1.807) is 0 Å². The van der Waals surface area contributed by atoms with E-state index in [2.05, 4.69) is 35.5 Å². The Morgan fingerprint density at radius 1 is 0.783 bits per heavy atom. The highest BCUT2D eigenvalue weighted by Gasteiger charge is 2.24. The summed E-state index contributed by atoms with van der Waals surface area (Å²) in [4.78, 5) is 8.07. The molecule has 2 fully saturated rings. The average Bonchev–Trinajstić information content (AvgIpc) is 2.57. The van der Waals surface area contributed by atoms with Crippen LogP contribution in [-0.4, -0.2) is 73.1 Å². The van der Waals surface area contributed by atoms with Crippen LogP contribution in [-0.2, 0) is 0 Å². The third-order valence-electron chi connectivity index (χ3n) is 5.94. The summed E-state index contributed by atoms with van der Waals surface area (Å²) in [7, 11) is 0. The first-order chi connectivity index (χ1) is 11.2. The van der Waals surface area contributed by atoms with Gasteiger partial charge in [0.2, 0.25) is 0 Å². The molecule has 23 heavy (non-hydrogen) atoms. The van der Waals surface area contributed by atoms with Gasteiger partial charge in [-0.3, -0.25) is 4.90 Å². The molecular formula is C20H41N3. The molecule has 2 aliphatic heterocycles. The molecule has 2 heterocycles. The summed E-state index contributed by atoms with van der Waals surface area (Å²) in [5.41, 5.74) is 0. The minimum absolute atomic E-state index is 0.720. The number of hydrogen-bond acceptors (Lipinski definition) is 3. The van der Waals surface area contributed by atoms with Gasteiger partial charge in [-0.25, -0.2) is 0 Å². The smallest absolute Gasteiger partial charge is 0.0113 e. The predicted molar refractivity (Wildman–Crippen MR) is 101 cm³/mol. The van der Waals surface area contributed by atoms with Crippen molar-refractivity contribution in [2.24, 2.45) is 5.92 Å². The molecule has 0 aliphatic carbocycles. The van der Waals surface area contributed by atoms with Crippen LogP contribution in [0.5, 0.6) is 0 Å². The van der Waals surface area contributed by atoms with Crippen LogP contribution in [0.1, 0.15) is 65.7 Å². The summed E-state index contributed by atoms with van der Waals surface area (Å²) in [6.07, 6.45) is 9.94. The van der Waals surface area contributed by atoms with E-state index < -0.39 is 0 Å². The van der Waals surface area contributed by atoms with E-state index in [0.29, 0.717) is 0 Å². The van der Waals surface area contributed by atoms with Crippen LogP contribution in [0, 0.1) is 5.92 Å². The van der Waals surface area contributed by atoms with Gasteiger partial charge in [-0.2, -0.15) is 0 Å². The molecule has 3 nitrogen and oxygen atoms in total. The Kier molecular flexibility index (Phi) is 8.92. The molecule has 0 bridgehead atoms. The van der Waals surface area contributed by atoms with Gasteiger partial charge < -0.3 is 9.80 Å². The molecule has 0 amide bonds. The van der Waals surface area contributed by atoms with Crippen molar-refractivity contribution in [2.75, 3.05) is 52.4 Å². The van der Waals surface area contributed by atoms with Gasteiger partial charge in [-0.15, -0.1) is 0 Å². The van der Waals surface area contributed by atoms with Crippen LogP contribution in [0.3, 0.4) is 0 Å². The maximum absolute atomic E-state index is 2.73.